The highest BCUT2D eigenvalue weighted by atomic mass is 16.5. The maximum Gasteiger partial charge on any atom is 0.334 e. The first-order chi connectivity index (χ1) is 11.5. The van der Waals surface area contributed by atoms with E-state index in [-0.39, 0.29) is 17.1 Å². The summed E-state index contributed by atoms with van der Waals surface area (Å²) in [5.74, 6) is -0.796. The van der Waals surface area contributed by atoms with Gasteiger partial charge in [0.05, 0.1) is 5.60 Å². The van der Waals surface area contributed by atoms with Crippen molar-refractivity contribution in [3.63, 3.8) is 0 Å². The van der Waals surface area contributed by atoms with E-state index in [1.54, 1.807) is 13.0 Å². The van der Waals surface area contributed by atoms with E-state index in [0.29, 0.717) is 30.4 Å². The topological polar surface area (TPSA) is 83.8 Å². The van der Waals surface area contributed by atoms with Gasteiger partial charge in [0.15, 0.2) is 5.78 Å². The van der Waals surface area contributed by atoms with E-state index in [1.807, 2.05) is 13.0 Å². The number of carbonyl (C=O) groups is 2. The SMILES string of the molecule is CC1=C2[C@@H](C[C@@H]3[C@@](O)(CC[C@@H]4C(C)(C)C=CC(=O)[C@]43C)[C@H]2O)OC1=O. The van der Waals surface area contributed by atoms with Crippen LogP contribution in [-0.2, 0) is 14.3 Å². The largest absolute Gasteiger partial charge is 0.454 e. The number of aliphatic hydroxyl groups excluding tert-OH is 1. The molecular formula is C20H26O5. The molecule has 0 aromatic heterocycles. The van der Waals surface area contributed by atoms with E-state index in [1.165, 1.54) is 0 Å². The van der Waals surface area contributed by atoms with Crippen molar-refractivity contribution >= 4 is 11.8 Å². The van der Waals surface area contributed by atoms with Gasteiger partial charge in [-0.2, -0.15) is 0 Å². The van der Waals surface area contributed by atoms with Crippen LogP contribution in [0.3, 0.4) is 0 Å². The lowest BCUT2D eigenvalue weighted by atomic mass is 9.43. The van der Waals surface area contributed by atoms with Crippen LogP contribution in [0, 0.1) is 22.7 Å². The quantitative estimate of drug-likeness (QED) is 0.655. The van der Waals surface area contributed by atoms with Crippen LogP contribution < -0.4 is 0 Å². The van der Waals surface area contributed by atoms with Gasteiger partial charge >= 0.3 is 5.97 Å². The predicted molar refractivity (Wildman–Crippen MR) is 90.4 cm³/mol. The number of allylic oxidation sites excluding steroid dienone is 2. The Morgan fingerprint density at radius 1 is 1.20 bits per heavy atom. The average molecular weight is 346 g/mol. The maximum absolute atomic E-state index is 13.0. The molecule has 0 amide bonds. The van der Waals surface area contributed by atoms with Crippen LogP contribution in [0.4, 0.5) is 0 Å². The van der Waals surface area contributed by atoms with Crippen molar-refractivity contribution in [1.29, 1.82) is 0 Å². The van der Waals surface area contributed by atoms with Crippen molar-refractivity contribution in [1.82, 2.24) is 0 Å². The smallest absolute Gasteiger partial charge is 0.334 e. The van der Waals surface area contributed by atoms with Gasteiger partial charge in [0.2, 0.25) is 0 Å². The summed E-state index contributed by atoms with van der Waals surface area (Å²) < 4.78 is 5.44. The fraction of sp³-hybridized carbons (Fsp3) is 0.700. The number of esters is 1. The van der Waals surface area contributed by atoms with Crippen LogP contribution in [0.15, 0.2) is 23.3 Å². The highest BCUT2D eigenvalue weighted by Crippen LogP contribution is 2.63. The minimum atomic E-state index is -1.40. The molecule has 136 valence electrons. The normalized spacial score (nSPS) is 47.9. The van der Waals surface area contributed by atoms with Gasteiger partial charge in [-0.3, -0.25) is 4.79 Å². The summed E-state index contributed by atoms with van der Waals surface area (Å²) in [6, 6.07) is 0. The van der Waals surface area contributed by atoms with Crippen LogP contribution in [0.1, 0.15) is 47.0 Å². The van der Waals surface area contributed by atoms with Gasteiger partial charge in [-0.05, 0) is 43.6 Å². The van der Waals surface area contributed by atoms with Crippen molar-refractivity contribution in [2.24, 2.45) is 22.7 Å². The van der Waals surface area contributed by atoms with Gasteiger partial charge in [0, 0.05) is 22.5 Å². The highest BCUT2D eigenvalue weighted by Gasteiger charge is 2.67. The van der Waals surface area contributed by atoms with Gasteiger partial charge in [-0.25, -0.2) is 4.79 Å². The Morgan fingerprint density at radius 2 is 1.88 bits per heavy atom. The number of hydrogen-bond acceptors (Lipinski definition) is 5. The fourth-order valence-corrected chi connectivity index (χ4v) is 6.14. The summed E-state index contributed by atoms with van der Waals surface area (Å²) in [7, 11) is 0. The van der Waals surface area contributed by atoms with Crippen molar-refractivity contribution in [3.05, 3.63) is 23.3 Å². The number of carbonyl (C=O) groups excluding carboxylic acids is 2. The van der Waals surface area contributed by atoms with Crippen LogP contribution in [0.25, 0.3) is 0 Å². The molecular weight excluding hydrogens is 320 g/mol. The first-order valence-electron chi connectivity index (χ1n) is 9.09. The molecule has 6 atom stereocenters. The van der Waals surface area contributed by atoms with E-state index in [9.17, 15) is 19.8 Å². The Balaban J connectivity index is 1.85. The third-order valence-electron chi connectivity index (χ3n) is 7.53. The maximum atomic E-state index is 13.0. The molecule has 5 nitrogen and oxygen atoms in total. The molecule has 0 aromatic carbocycles. The molecule has 25 heavy (non-hydrogen) atoms. The minimum absolute atomic E-state index is 0.000579. The molecule has 0 unspecified atom stereocenters. The molecule has 0 bridgehead atoms. The summed E-state index contributed by atoms with van der Waals surface area (Å²) in [6.45, 7) is 7.79. The number of rotatable bonds is 0. The molecule has 2 fully saturated rings. The summed E-state index contributed by atoms with van der Waals surface area (Å²) in [6.07, 6.45) is 3.36. The van der Waals surface area contributed by atoms with Crippen molar-refractivity contribution in [3.8, 4) is 0 Å². The molecule has 4 aliphatic rings. The fourth-order valence-electron chi connectivity index (χ4n) is 6.14. The van der Waals surface area contributed by atoms with E-state index >= 15 is 0 Å². The van der Waals surface area contributed by atoms with E-state index < -0.39 is 35.1 Å². The lowest BCUT2D eigenvalue weighted by molar-refractivity contribution is -0.212. The molecule has 0 radical (unpaired) electrons. The number of ketones is 1. The Morgan fingerprint density at radius 3 is 2.56 bits per heavy atom. The second kappa shape index (κ2) is 4.83. The van der Waals surface area contributed by atoms with Crippen molar-refractivity contribution in [2.75, 3.05) is 0 Å². The van der Waals surface area contributed by atoms with E-state index in [0.717, 1.165) is 0 Å². The van der Waals surface area contributed by atoms with E-state index in [4.69, 9.17) is 4.74 Å². The second-order valence-corrected chi connectivity index (χ2v) is 9.05. The van der Waals surface area contributed by atoms with Crippen LogP contribution in [0.2, 0.25) is 0 Å². The lowest BCUT2D eigenvalue weighted by Crippen LogP contribution is -2.67. The number of ether oxygens (including phenoxy) is 1. The summed E-state index contributed by atoms with van der Waals surface area (Å²) in [5, 5.41) is 22.4. The highest BCUT2D eigenvalue weighted by molar-refractivity contribution is 5.97. The van der Waals surface area contributed by atoms with Crippen molar-refractivity contribution < 1.29 is 24.5 Å². The monoisotopic (exact) mass is 346 g/mol. The summed E-state index contributed by atoms with van der Waals surface area (Å²) in [4.78, 5) is 24.9. The third kappa shape index (κ3) is 1.91. The van der Waals surface area contributed by atoms with Gasteiger partial charge in [0.1, 0.15) is 12.2 Å². The Kier molecular flexibility index (Phi) is 3.28. The van der Waals surface area contributed by atoms with E-state index in [2.05, 4.69) is 13.8 Å². The summed E-state index contributed by atoms with van der Waals surface area (Å²) in [5.41, 5.74) is -1.44. The second-order valence-electron chi connectivity index (χ2n) is 9.05. The number of aliphatic hydroxyl groups is 2. The molecule has 2 N–H and O–H groups in total. The summed E-state index contributed by atoms with van der Waals surface area (Å²) >= 11 is 0. The van der Waals surface area contributed by atoms with Gasteiger partial charge in [-0.15, -0.1) is 0 Å². The third-order valence-corrected chi connectivity index (χ3v) is 7.53. The van der Waals surface area contributed by atoms with Gasteiger partial charge in [-0.1, -0.05) is 26.8 Å². The first kappa shape index (κ1) is 17.0. The zero-order valence-electron chi connectivity index (χ0n) is 15.2. The Labute approximate surface area is 147 Å². The molecule has 3 aliphatic carbocycles. The number of hydrogen-bond donors (Lipinski definition) is 2. The molecule has 0 spiro atoms. The molecule has 0 saturated heterocycles. The zero-order chi connectivity index (χ0) is 18.4. The molecule has 1 heterocycles. The molecule has 1 aliphatic heterocycles. The molecule has 4 rings (SSSR count). The molecule has 0 aromatic rings. The zero-order valence-corrected chi connectivity index (χ0v) is 15.2. The minimum Gasteiger partial charge on any atom is -0.454 e. The first-order valence-corrected chi connectivity index (χ1v) is 9.09. The van der Waals surface area contributed by atoms with Crippen LogP contribution in [-0.4, -0.2) is 39.8 Å². The molecule has 5 heteroatoms. The van der Waals surface area contributed by atoms with Gasteiger partial charge in [0.25, 0.3) is 0 Å². The van der Waals surface area contributed by atoms with Crippen LogP contribution in [0.5, 0.6) is 0 Å². The standard InChI is InChI=1S/C20H26O5/c1-10-15-11(25-17(10)23)9-13-19(4)12(5-8-20(13,24)16(15)22)18(2,3)7-6-14(19)21/h6-7,11-13,16,22,24H,5,8-9H2,1-4H3/t11-,12-,13+,16+,19-,20+/m1/s1. The Hall–Kier alpha value is -1.46. The van der Waals surface area contributed by atoms with Crippen molar-refractivity contribution in [2.45, 2.75) is 64.8 Å². The van der Waals surface area contributed by atoms with Crippen LogP contribution >= 0.6 is 0 Å². The molecule has 2 saturated carbocycles. The average Bonchev–Trinajstić information content (AvgIpc) is 2.81. The predicted octanol–water partition coefficient (Wildman–Crippen LogP) is 1.92. The lowest BCUT2D eigenvalue weighted by Gasteiger charge is -2.61. The Bertz CT molecular complexity index is 732. The number of fused-ring (bicyclic) bond motifs is 4. The van der Waals surface area contributed by atoms with Gasteiger partial charge < -0.3 is 14.9 Å².